The van der Waals surface area contributed by atoms with E-state index in [0.717, 1.165) is 5.92 Å². The normalized spacial score (nSPS) is 33.2. The molecule has 2 saturated carbocycles. The van der Waals surface area contributed by atoms with Gasteiger partial charge in [0, 0.05) is 0 Å². The lowest BCUT2D eigenvalue weighted by Gasteiger charge is -2.28. The third-order valence-corrected chi connectivity index (χ3v) is 4.49. The highest BCUT2D eigenvalue weighted by molar-refractivity contribution is 5.55. The van der Waals surface area contributed by atoms with Crippen LogP contribution < -0.4 is 0 Å². The van der Waals surface area contributed by atoms with Crippen LogP contribution in [0, 0.1) is 5.92 Å². The van der Waals surface area contributed by atoms with Crippen molar-refractivity contribution in [2.24, 2.45) is 5.92 Å². The highest BCUT2D eigenvalue weighted by atomic mass is 14.5. The first-order valence-corrected chi connectivity index (χ1v) is 6.06. The predicted octanol–water partition coefficient (Wildman–Crippen LogP) is 4.16. The van der Waals surface area contributed by atoms with Gasteiger partial charge in [-0.2, -0.15) is 0 Å². The number of hydrogen-bond acceptors (Lipinski definition) is 0. The maximum absolute atomic E-state index is 3.94. The Bertz CT molecular complexity index is 381. The number of rotatable bonds is 2. The van der Waals surface area contributed by atoms with Crippen molar-refractivity contribution in [1.82, 2.24) is 0 Å². The fraction of sp³-hybridized carbons (Fsp3) is 0.467. The lowest BCUT2D eigenvalue weighted by atomic mass is 9.76. The summed E-state index contributed by atoms with van der Waals surface area (Å²) in [5, 5.41) is 0. The van der Waals surface area contributed by atoms with E-state index in [-0.39, 0.29) is 0 Å². The fourth-order valence-corrected chi connectivity index (χ4v) is 3.73. The minimum atomic E-state index is 0.523. The Morgan fingerprint density at radius 1 is 1.20 bits per heavy atom. The molecule has 0 aliphatic heterocycles. The Morgan fingerprint density at radius 2 is 1.93 bits per heavy atom. The van der Waals surface area contributed by atoms with Gasteiger partial charge in [0.05, 0.1) is 0 Å². The van der Waals surface area contributed by atoms with Gasteiger partial charge in [-0.15, -0.1) is 0 Å². The van der Waals surface area contributed by atoms with E-state index in [1.54, 1.807) is 5.56 Å². The molecule has 2 bridgehead atoms. The molecule has 0 amide bonds. The molecule has 0 heterocycles. The standard InChI is InChI=1S/C15H18/c1-2-13-5-3-4-6-14(13)15-9-7-12(11-15)8-10-15/h2-6,12H,1,7-11H2. The molecule has 1 aromatic carbocycles. The van der Waals surface area contributed by atoms with Crippen LogP contribution in [0.25, 0.3) is 6.08 Å². The first-order chi connectivity index (χ1) is 7.34. The van der Waals surface area contributed by atoms with Crippen molar-refractivity contribution in [3.8, 4) is 0 Å². The maximum atomic E-state index is 3.94. The van der Waals surface area contributed by atoms with Gasteiger partial charge in [0.25, 0.3) is 0 Å². The van der Waals surface area contributed by atoms with Crippen LogP contribution in [0.5, 0.6) is 0 Å². The number of hydrogen-bond donors (Lipinski definition) is 0. The van der Waals surface area contributed by atoms with Crippen LogP contribution in [-0.4, -0.2) is 0 Å². The van der Waals surface area contributed by atoms with Crippen molar-refractivity contribution in [2.45, 2.75) is 37.5 Å². The highest BCUT2D eigenvalue weighted by Gasteiger charge is 2.46. The molecule has 0 N–H and O–H groups in total. The van der Waals surface area contributed by atoms with Crippen molar-refractivity contribution < 1.29 is 0 Å². The summed E-state index contributed by atoms with van der Waals surface area (Å²) in [4.78, 5) is 0. The van der Waals surface area contributed by atoms with Crippen molar-refractivity contribution in [3.05, 3.63) is 42.0 Å². The second-order valence-corrected chi connectivity index (χ2v) is 5.22. The van der Waals surface area contributed by atoms with Gasteiger partial charge < -0.3 is 0 Å². The van der Waals surface area contributed by atoms with Gasteiger partial charge in [0.15, 0.2) is 0 Å². The third kappa shape index (κ3) is 1.27. The van der Waals surface area contributed by atoms with Crippen LogP contribution in [0.4, 0.5) is 0 Å². The third-order valence-electron chi connectivity index (χ3n) is 4.49. The van der Waals surface area contributed by atoms with Gasteiger partial charge in [-0.1, -0.05) is 36.9 Å². The van der Waals surface area contributed by atoms with Crippen LogP contribution >= 0.6 is 0 Å². The summed E-state index contributed by atoms with van der Waals surface area (Å²) in [6.07, 6.45) is 9.16. The van der Waals surface area contributed by atoms with Crippen molar-refractivity contribution in [3.63, 3.8) is 0 Å². The zero-order valence-electron chi connectivity index (χ0n) is 9.21. The monoisotopic (exact) mass is 198 g/mol. The molecule has 2 fully saturated rings. The predicted molar refractivity (Wildman–Crippen MR) is 64.8 cm³/mol. The summed E-state index contributed by atoms with van der Waals surface area (Å²) in [5.41, 5.74) is 3.45. The Labute approximate surface area is 92.0 Å². The molecule has 0 aromatic heterocycles. The molecule has 1 aromatic rings. The summed E-state index contributed by atoms with van der Waals surface area (Å²) < 4.78 is 0. The summed E-state index contributed by atoms with van der Waals surface area (Å²) in [5.74, 6) is 1.02. The lowest BCUT2D eigenvalue weighted by molar-refractivity contribution is 0.418. The zero-order valence-corrected chi connectivity index (χ0v) is 9.21. The first-order valence-electron chi connectivity index (χ1n) is 6.06. The van der Waals surface area contributed by atoms with E-state index < -0.39 is 0 Å². The van der Waals surface area contributed by atoms with Gasteiger partial charge in [-0.3, -0.25) is 0 Å². The Balaban J connectivity index is 2.08. The summed E-state index contributed by atoms with van der Waals surface area (Å²) in [7, 11) is 0. The Hall–Kier alpha value is -1.04. The Morgan fingerprint density at radius 3 is 2.53 bits per heavy atom. The van der Waals surface area contributed by atoms with Gasteiger partial charge >= 0.3 is 0 Å². The van der Waals surface area contributed by atoms with Gasteiger partial charge in [0.1, 0.15) is 0 Å². The molecule has 2 aliphatic rings. The van der Waals surface area contributed by atoms with E-state index in [1.165, 1.54) is 37.7 Å². The van der Waals surface area contributed by atoms with Crippen LogP contribution in [0.15, 0.2) is 30.8 Å². The summed E-state index contributed by atoms with van der Waals surface area (Å²) in [6, 6.07) is 8.84. The van der Waals surface area contributed by atoms with Gasteiger partial charge in [-0.25, -0.2) is 0 Å². The maximum Gasteiger partial charge on any atom is -0.00382 e. The highest BCUT2D eigenvalue weighted by Crippen LogP contribution is 2.55. The fourth-order valence-electron chi connectivity index (χ4n) is 3.73. The molecule has 0 nitrogen and oxygen atoms in total. The first kappa shape index (κ1) is 9.21. The van der Waals surface area contributed by atoms with E-state index in [9.17, 15) is 0 Å². The zero-order chi connectivity index (χ0) is 10.3. The molecule has 0 heteroatoms. The Kier molecular flexibility index (Phi) is 1.98. The molecule has 15 heavy (non-hydrogen) atoms. The van der Waals surface area contributed by atoms with E-state index in [1.807, 2.05) is 6.08 Å². The van der Waals surface area contributed by atoms with Crippen LogP contribution in [-0.2, 0) is 5.41 Å². The largest absolute Gasteiger partial charge is 0.0985 e. The van der Waals surface area contributed by atoms with Crippen molar-refractivity contribution >= 4 is 6.08 Å². The number of benzene rings is 1. The molecule has 0 atom stereocenters. The molecule has 3 rings (SSSR count). The van der Waals surface area contributed by atoms with E-state index >= 15 is 0 Å². The quantitative estimate of drug-likeness (QED) is 0.669. The molecule has 0 unspecified atom stereocenters. The second kappa shape index (κ2) is 3.23. The molecule has 2 aliphatic carbocycles. The average Bonchev–Trinajstić information content (AvgIpc) is 2.90. The molecule has 0 saturated heterocycles. The van der Waals surface area contributed by atoms with Gasteiger partial charge in [0.2, 0.25) is 0 Å². The summed E-state index contributed by atoms with van der Waals surface area (Å²) >= 11 is 0. The minimum absolute atomic E-state index is 0.523. The van der Waals surface area contributed by atoms with E-state index in [0.29, 0.717) is 5.41 Å². The van der Waals surface area contributed by atoms with Crippen LogP contribution in [0.2, 0.25) is 0 Å². The number of fused-ring (bicyclic) bond motifs is 2. The van der Waals surface area contributed by atoms with Crippen molar-refractivity contribution in [2.75, 3.05) is 0 Å². The summed E-state index contributed by atoms with van der Waals surface area (Å²) in [6.45, 7) is 3.94. The topological polar surface area (TPSA) is 0 Å². The molecular weight excluding hydrogens is 180 g/mol. The van der Waals surface area contributed by atoms with Gasteiger partial charge in [-0.05, 0) is 54.6 Å². The smallest absolute Gasteiger partial charge is 0.00382 e. The minimum Gasteiger partial charge on any atom is -0.0985 e. The molecule has 78 valence electrons. The molecule has 0 radical (unpaired) electrons. The van der Waals surface area contributed by atoms with E-state index in [2.05, 4.69) is 30.8 Å². The average molecular weight is 198 g/mol. The van der Waals surface area contributed by atoms with Crippen LogP contribution in [0.1, 0.15) is 43.2 Å². The van der Waals surface area contributed by atoms with Crippen LogP contribution in [0.3, 0.4) is 0 Å². The van der Waals surface area contributed by atoms with Crippen molar-refractivity contribution in [1.29, 1.82) is 0 Å². The molecule has 0 spiro atoms. The second-order valence-electron chi connectivity index (χ2n) is 5.22. The molecular formula is C15H18. The van der Waals surface area contributed by atoms with E-state index in [4.69, 9.17) is 0 Å². The SMILES string of the molecule is C=Cc1ccccc1C12CCC(CC1)C2. The lowest BCUT2D eigenvalue weighted by Crippen LogP contribution is -2.20.